The third-order valence-corrected chi connectivity index (χ3v) is 8.46. The maximum absolute atomic E-state index is 13.2. The second-order valence-electron chi connectivity index (χ2n) is 12.1. The Hall–Kier alpha value is -4.45. The molecule has 4 heterocycles. The topological polar surface area (TPSA) is 122 Å². The molecule has 0 aliphatic carbocycles. The molecule has 0 unspecified atom stereocenters. The van der Waals surface area contributed by atoms with Crippen molar-refractivity contribution in [3.8, 4) is 23.0 Å². The Morgan fingerprint density at radius 1 is 1.07 bits per heavy atom. The number of carbonyl (C=O) groups excluding carboxylic acids is 3. The van der Waals surface area contributed by atoms with Gasteiger partial charge in [-0.25, -0.2) is 9.97 Å². The highest BCUT2D eigenvalue weighted by Crippen LogP contribution is 2.29. The van der Waals surface area contributed by atoms with Gasteiger partial charge in [0.1, 0.15) is 11.6 Å². The molecule has 0 saturated heterocycles. The third-order valence-electron chi connectivity index (χ3n) is 8.46. The van der Waals surface area contributed by atoms with E-state index in [1.54, 1.807) is 7.11 Å². The molecule has 0 saturated carbocycles. The maximum Gasteiger partial charge on any atom is 0.256 e. The number of nitrogens with zero attached hydrogens (tertiary/aromatic N) is 6. The zero-order valence-corrected chi connectivity index (χ0v) is 27.3. The van der Waals surface area contributed by atoms with E-state index in [-0.39, 0.29) is 30.3 Å². The summed E-state index contributed by atoms with van der Waals surface area (Å²) in [4.78, 5) is 53.0. The summed E-state index contributed by atoms with van der Waals surface area (Å²) in [6, 6.07) is 9.94. The number of rotatable bonds is 6. The fourth-order valence-corrected chi connectivity index (χ4v) is 5.97. The number of hydrogen-bond acceptors (Lipinski definition) is 8. The molecule has 2 bridgehead atoms. The van der Waals surface area contributed by atoms with Gasteiger partial charge in [-0.1, -0.05) is 12.1 Å². The lowest BCUT2D eigenvalue weighted by Crippen LogP contribution is -2.41. The first-order valence-electron chi connectivity index (χ1n) is 16.1. The molecule has 1 N–H and O–H groups in total. The Kier molecular flexibility index (Phi) is 10.9. The number of nitrogens with one attached hydrogen (secondary N) is 1. The van der Waals surface area contributed by atoms with Gasteiger partial charge < -0.3 is 29.2 Å². The largest absolute Gasteiger partial charge is 0.494 e. The summed E-state index contributed by atoms with van der Waals surface area (Å²) in [5, 5.41) is 2.63. The summed E-state index contributed by atoms with van der Waals surface area (Å²) in [7, 11) is 1.62. The Morgan fingerprint density at radius 2 is 1.87 bits per heavy atom. The average Bonchev–Trinajstić information content (AvgIpc) is 3.64. The summed E-state index contributed by atoms with van der Waals surface area (Å²) in [5.41, 5.74) is 3.22. The van der Waals surface area contributed by atoms with E-state index in [9.17, 15) is 14.4 Å². The number of ether oxygens (including phenoxy) is 2. The normalized spacial score (nSPS) is 16.4. The number of pyridine rings is 1. The zero-order chi connectivity index (χ0) is 32.6. The van der Waals surface area contributed by atoms with Gasteiger partial charge in [0.2, 0.25) is 17.7 Å². The van der Waals surface area contributed by atoms with Crippen LogP contribution in [0.15, 0.2) is 42.7 Å². The number of benzene rings is 1. The van der Waals surface area contributed by atoms with Crippen LogP contribution in [0.1, 0.15) is 61.6 Å². The van der Waals surface area contributed by atoms with Crippen molar-refractivity contribution in [3.63, 3.8) is 0 Å². The van der Waals surface area contributed by atoms with Crippen molar-refractivity contribution in [2.24, 2.45) is 0 Å². The van der Waals surface area contributed by atoms with Crippen LogP contribution < -0.4 is 14.8 Å². The van der Waals surface area contributed by atoms with Crippen molar-refractivity contribution in [1.29, 1.82) is 0 Å². The van der Waals surface area contributed by atoms with Crippen LogP contribution in [0.3, 0.4) is 0 Å². The summed E-state index contributed by atoms with van der Waals surface area (Å²) < 4.78 is 13.9. The van der Waals surface area contributed by atoms with Gasteiger partial charge in [-0.15, -0.1) is 0 Å². The fraction of sp³-hybridized carbons (Fsp3) is 0.500. The number of hydrogen-bond donors (Lipinski definition) is 1. The van der Waals surface area contributed by atoms with Gasteiger partial charge in [0, 0.05) is 69.2 Å². The highest BCUT2D eigenvalue weighted by Gasteiger charge is 2.32. The van der Waals surface area contributed by atoms with Crippen LogP contribution in [0.2, 0.25) is 0 Å². The summed E-state index contributed by atoms with van der Waals surface area (Å²) in [6.45, 7) is 10.2. The van der Waals surface area contributed by atoms with Gasteiger partial charge in [0.25, 0.3) is 5.91 Å². The minimum absolute atomic E-state index is 0.00333. The minimum atomic E-state index is -0.229. The van der Waals surface area contributed by atoms with Crippen molar-refractivity contribution >= 4 is 17.7 Å². The maximum atomic E-state index is 13.2. The van der Waals surface area contributed by atoms with Gasteiger partial charge in [0.05, 0.1) is 38.1 Å². The van der Waals surface area contributed by atoms with E-state index in [1.807, 2.05) is 66.4 Å². The molecule has 246 valence electrons. The molecule has 0 spiro atoms. The van der Waals surface area contributed by atoms with Crippen molar-refractivity contribution < 1.29 is 23.9 Å². The fourth-order valence-electron chi connectivity index (χ4n) is 5.97. The first kappa shape index (κ1) is 32.9. The highest BCUT2D eigenvalue weighted by molar-refractivity contribution is 5.98. The Bertz CT molecular complexity index is 1540. The molecule has 3 amide bonds. The summed E-state index contributed by atoms with van der Waals surface area (Å²) in [5.74, 6) is 1.81. The number of carbonyl (C=O) groups is 3. The number of fused-ring (bicyclic) bond motifs is 5. The van der Waals surface area contributed by atoms with E-state index in [1.165, 1.54) is 6.92 Å². The molecular formula is C34H45N7O5. The second kappa shape index (κ2) is 15.2. The average molecular weight is 632 g/mol. The van der Waals surface area contributed by atoms with Gasteiger partial charge >= 0.3 is 0 Å². The van der Waals surface area contributed by atoms with Crippen LogP contribution in [-0.4, -0.2) is 99.4 Å². The standard InChI is InChI=1S/C34H45N7O5/c1-24(2)41-23-30-29(34(41)44)20-27(33(37-30)45-4)22-38-12-5-6-13-39(31(43)21-36-25(3)42)14-8-18-46-28-10-7-9-26(19-28)32-35-11-15-40(32)17-16-38/h7,9-11,15,19-20,24H,5-6,8,12-14,16-18,21-23H2,1-4H3,(H,36,42). The molecular weight excluding hydrogens is 586 g/mol. The first-order chi connectivity index (χ1) is 22.2. The lowest BCUT2D eigenvalue weighted by molar-refractivity contribution is -0.132. The van der Waals surface area contributed by atoms with Gasteiger partial charge in [0.15, 0.2) is 0 Å². The Labute approximate surface area is 270 Å². The number of aromatic nitrogens is 3. The molecule has 1 aromatic carbocycles. The van der Waals surface area contributed by atoms with Crippen LogP contribution >= 0.6 is 0 Å². The molecule has 0 atom stereocenters. The van der Waals surface area contributed by atoms with Crippen LogP contribution in [0.25, 0.3) is 11.4 Å². The Morgan fingerprint density at radius 3 is 2.65 bits per heavy atom. The molecule has 5 rings (SSSR count). The van der Waals surface area contributed by atoms with Crippen LogP contribution in [-0.2, 0) is 29.2 Å². The van der Waals surface area contributed by atoms with Crippen molar-refractivity contribution in [2.45, 2.75) is 65.7 Å². The SMILES string of the molecule is COc1nc2c(cc1CN1CCCCN(C(=O)CNC(C)=O)CCCOc3cccc(c3)-c3nccn3CC1)C(=O)N(C(C)C)C2. The molecule has 12 heteroatoms. The minimum Gasteiger partial charge on any atom is -0.494 e. The lowest BCUT2D eigenvalue weighted by atomic mass is 10.1. The molecule has 2 aliphatic rings. The summed E-state index contributed by atoms with van der Waals surface area (Å²) in [6.07, 6.45) is 6.11. The Balaban J connectivity index is 1.39. The smallest absolute Gasteiger partial charge is 0.256 e. The molecule has 3 aromatic rings. The van der Waals surface area contributed by atoms with Crippen LogP contribution in [0, 0.1) is 0 Å². The predicted molar refractivity (Wildman–Crippen MR) is 173 cm³/mol. The highest BCUT2D eigenvalue weighted by atomic mass is 16.5. The third kappa shape index (κ3) is 8.03. The first-order valence-corrected chi connectivity index (χ1v) is 16.1. The molecule has 2 aromatic heterocycles. The quantitative estimate of drug-likeness (QED) is 0.440. The number of imidazole rings is 1. The molecule has 12 nitrogen and oxygen atoms in total. The number of methoxy groups -OCH3 is 1. The molecule has 2 aliphatic heterocycles. The van der Waals surface area contributed by atoms with Gasteiger partial charge in [-0.05, 0) is 57.9 Å². The zero-order valence-electron chi connectivity index (χ0n) is 27.3. The van der Waals surface area contributed by atoms with E-state index in [0.717, 1.165) is 54.3 Å². The van der Waals surface area contributed by atoms with Crippen molar-refractivity contribution in [1.82, 2.24) is 34.6 Å². The van der Waals surface area contributed by atoms with E-state index in [4.69, 9.17) is 14.5 Å². The van der Waals surface area contributed by atoms with E-state index >= 15 is 0 Å². The van der Waals surface area contributed by atoms with E-state index in [0.29, 0.717) is 57.2 Å². The van der Waals surface area contributed by atoms with Gasteiger partial charge in [-0.3, -0.25) is 19.3 Å². The molecule has 0 fully saturated rings. The number of amides is 3. The van der Waals surface area contributed by atoms with Crippen molar-refractivity contribution in [3.05, 3.63) is 59.5 Å². The van der Waals surface area contributed by atoms with E-state index in [2.05, 4.69) is 19.8 Å². The lowest BCUT2D eigenvalue weighted by Gasteiger charge is -2.26. The second-order valence-corrected chi connectivity index (χ2v) is 12.1. The van der Waals surface area contributed by atoms with Gasteiger partial charge in [-0.2, -0.15) is 0 Å². The van der Waals surface area contributed by atoms with Crippen molar-refractivity contribution in [2.75, 3.05) is 46.4 Å². The monoisotopic (exact) mass is 631 g/mol. The van der Waals surface area contributed by atoms with Crippen LogP contribution in [0.5, 0.6) is 11.6 Å². The molecule has 46 heavy (non-hydrogen) atoms. The van der Waals surface area contributed by atoms with E-state index < -0.39 is 0 Å². The summed E-state index contributed by atoms with van der Waals surface area (Å²) >= 11 is 0. The predicted octanol–water partition coefficient (Wildman–Crippen LogP) is 3.35. The molecule has 0 radical (unpaired) electrons. The van der Waals surface area contributed by atoms with Crippen LogP contribution in [0.4, 0.5) is 0 Å².